The van der Waals surface area contributed by atoms with Gasteiger partial charge in [-0.15, -0.1) is 0 Å². The zero-order chi connectivity index (χ0) is 13.8. The number of carbonyl (C=O) groups is 1. The molecule has 4 nitrogen and oxygen atoms in total. The lowest BCUT2D eigenvalue weighted by atomic mass is 9.94. The highest BCUT2D eigenvalue weighted by Gasteiger charge is 2.25. The van der Waals surface area contributed by atoms with Crippen molar-refractivity contribution < 1.29 is 13.9 Å². The molecule has 4 heteroatoms. The molecule has 1 aliphatic heterocycles. The summed E-state index contributed by atoms with van der Waals surface area (Å²) in [5.74, 6) is 1.50. The highest BCUT2D eigenvalue weighted by molar-refractivity contribution is 5.86. The van der Waals surface area contributed by atoms with Crippen molar-refractivity contribution in [3.63, 3.8) is 0 Å². The Morgan fingerprint density at radius 2 is 2.37 bits per heavy atom. The summed E-state index contributed by atoms with van der Waals surface area (Å²) < 4.78 is 10.3. The molecule has 19 heavy (non-hydrogen) atoms. The topological polar surface area (TPSA) is 42.7 Å². The van der Waals surface area contributed by atoms with Crippen LogP contribution in [0, 0.1) is 5.92 Å². The van der Waals surface area contributed by atoms with E-state index in [2.05, 4.69) is 23.5 Å². The molecule has 2 heterocycles. The average molecular weight is 265 g/mol. The molecule has 0 aromatic carbocycles. The van der Waals surface area contributed by atoms with Crippen molar-refractivity contribution in [2.45, 2.75) is 39.2 Å². The molecule has 0 amide bonds. The number of esters is 1. The Kier molecular flexibility index (Phi) is 4.64. The summed E-state index contributed by atoms with van der Waals surface area (Å²) in [4.78, 5) is 13.8. The molecule has 0 spiro atoms. The highest BCUT2D eigenvalue weighted by Crippen LogP contribution is 2.28. The molecule has 1 aromatic rings. The van der Waals surface area contributed by atoms with Gasteiger partial charge in [0, 0.05) is 6.54 Å². The number of furan rings is 1. The molecule has 1 aromatic heterocycles. The van der Waals surface area contributed by atoms with E-state index in [4.69, 9.17) is 4.42 Å². The summed E-state index contributed by atoms with van der Waals surface area (Å²) in [6.07, 6.45) is 3.80. The average Bonchev–Trinajstić information content (AvgIpc) is 2.95. The predicted molar refractivity (Wildman–Crippen MR) is 73.1 cm³/mol. The van der Waals surface area contributed by atoms with Gasteiger partial charge in [-0.2, -0.15) is 0 Å². The molecule has 1 aliphatic rings. The maximum Gasteiger partial charge on any atom is 0.373 e. The first-order chi connectivity index (χ1) is 9.15. The predicted octanol–water partition coefficient (Wildman–Crippen LogP) is 3.25. The highest BCUT2D eigenvalue weighted by atomic mass is 16.5. The third-order valence-corrected chi connectivity index (χ3v) is 4.10. The van der Waals surface area contributed by atoms with Gasteiger partial charge in [-0.25, -0.2) is 4.79 Å². The van der Waals surface area contributed by atoms with E-state index >= 15 is 0 Å². The fourth-order valence-corrected chi connectivity index (χ4v) is 2.75. The summed E-state index contributed by atoms with van der Waals surface area (Å²) in [5.41, 5.74) is 0. The second kappa shape index (κ2) is 6.24. The van der Waals surface area contributed by atoms with E-state index in [1.165, 1.54) is 26.4 Å². The number of piperidine rings is 1. The first-order valence-electron chi connectivity index (χ1n) is 7.07. The van der Waals surface area contributed by atoms with Crippen LogP contribution in [-0.2, 0) is 4.74 Å². The van der Waals surface area contributed by atoms with Crippen molar-refractivity contribution in [2.75, 3.05) is 20.2 Å². The van der Waals surface area contributed by atoms with Crippen LogP contribution >= 0.6 is 0 Å². The Hall–Kier alpha value is -1.29. The lowest BCUT2D eigenvalue weighted by Crippen LogP contribution is -2.36. The van der Waals surface area contributed by atoms with Crippen molar-refractivity contribution >= 4 is 5.97 Å². The number of ether oxygens (including phenoxy) is 1. The smallest absolute Gasteiger partial charge is 0.373 e. The molecule has 2 atom stereocenters. The van der Waals surface area contributed by atoms with Crippen LogP contribution in [0.4, 0.5) is 0 Å². The number of hydrogen-bond acceptors (Lipinski definition) is 4. The van der Waals surface area contributed by atoms with E-state index in [-0.39, 0.29) is 11.8 Å². The SMILES string of the molecule is CCC1CCCN(C(C)c2ccc(C(=O)OC)o2)C1. The zero-order valence-electron chi connectivity index (χ0n) is 12.0. The second-order valence-corrected chi connectivity index (χ2v) is 5.28. The Balaban J connectivity index is 2.04. The first-order valence-corrected chi connectivity index (χ1v) is 7.07. The molecule has 0 aliphatic carbocycles. The maximum absolute atomic E-state index is 11.4. The molecule has 0 bridgehead atoms. The van der Waals surface area contributed by atoms with Gasteiger partial charge >= 0.3 is 5.97 Å². The third-order valence-electron chi connectivity index (χ3n) is 4.10. The van der Waals surface area contributed by atoms with E-state index in [1.807, 2.05) is 6.07 Å². The van der Waals surface area contributed by atoms with Gasteiger partial charge in [0.05, 0.1) is 13.2 Å². The standard InChI is InChI=1S/C15H23NO3/c1-4-12-6-5-9-16(10-12)11(2)13-7-8-14(19-13)15(17)18-3/h7-8,11-12H,4-6,9-10H2,1-3H3. The molecule has 0 saturated carbocycles. The van der Waals surface area contributed by atoms with Crippen LogP contribution in [0.5, 0.6) is 0 Å². The summed E-state index contributed by atoms with van der Waals surface area (Å²) >= 11 is 0. The number of nitrogens with zero attached hydrogens (tertiary/aromatic N) is 1. The van der Waals surface area contributed by atoms with E-state index in [9.17, 15) is 4.79 Å². The summed E-state index contributed by atoms with van der Waals surface area (Å²) in [6.45, 7) is 6.61. The van der Waals surface area contributed by atoms with Crippen molar-refractivity contribution in [1.29, 1.82) is 0 Å². The van der Waals surface area contributed by atoms with E-state index in [1.54, 1.807) is 6.07 Å². The van der Waals surface area contributed by atoms with Crippen molar-refractivity contribution in [1.82, 2.24) is 4.90 Å². The summed E-state index contributed by atoms with van der Waals surface area (Å²) in [7, 11) is 1.37. The molecule has 106 valence electrons. The van der Waals surface area contributed by atoms with E-state index in [0.717, 1.165) is 24.8 Å². The third kappa shape index (κ3) is 3.18. The number of methoxy groups -OCH3 is 1. The van der Waals surface area contributed by atoms with Gasteiger partial charge in [0.2, 0.25) is 5.76 Å². The Labute approximate surface area is 114 Å². The number of hydrogen-bond donors (Lipinski definition) is 0. The van der Waals surface area contributed by atoms with Gasteiger partial charge in [0.25, 0.3) is 0 Å². The van der Waals surface area contributed by atoms with Crippen LogP contribution in [0.25, 0.3) is 0 Å². The number of carbonyl (C=O) groups excluding carboxylic acids is 1. The van der Waals surface area contributed by atoms with Gasteiger partial charge in [0.1, 0.15) is 5.76 Å². The molecular weight excluding hydrogens is 242 g/mol. The van der Waals surface area contributed by atoms with Crippen LogP contribution in [0.1, 0.15) is 55.5 Å². The van der Waals surface area contributed by atoms with Crippen molar-refractivity contribution in [2.24, 2.45) is 5.92 Å². The van der Waals surface area contributed by atoms with Crippen LogP contribution in [0.3, 0.4) is 0 Å². The van der Waals surface area contributed by atoms with Crippen LogP contribution < -0.4 is 0 Å². The summed E-state index contributed by atoms with van der Waals surface area (Å²) in [5, 5.41) is 0. The maximum atomic E-state index is 11.4. The molecule has 1 fully saturated rings. The fourth-order valence-electron chi connectivity index (χ4n) is 2.75. The number of likely N-dealkylation sites (tertiary alicyclic amines) is 1. The zero-order valence-corrected chi connectivity index (χ0v) is 12.0. The molecule has 1 saturated heterocycles. The molecule has 2 unspecified atom stereocenters. The largest absolute Gasteiger partial charge is 0.463 e. The van der Waals surface area contributed by atoms with E-state index < -0.39 is 5.97 Å². The van der Waals surface area contributed by atoms with E-state index in [0.29, 0.717) is 0 Å². The monoisotopic (exact) mass is 265 g/mol. The minimum atomic E-state index is -0.413. The minimum Gasteiger partial charge on any atom is -0.463 e. The lowest BCUT2D eigenvalue weighted by molar-refractivity contribution is 0.0555. The first kappa shape index (κ1) is 14.1. The van der Waals surface area contributed by atoms with Gasteiger partial charge in [-0.3, -0.25) is 4.90 Å². The van der Waals surface area contributed by atoms with Gasteiger partial charge in [-0.1, -0.05) is 13.3 Å². The van der Waals surface area contributed by atoms with Gasteiger partial charge in [0.15, 0.2) is 0 Å². The lowest BCUT2D eigenvalue weighted by Gasteiger charge is -2.35. The van der Waals surface area contributed by atoms with Gasteiger partial charge < -0.3 is 9.15 Å². The Morgan fingerprint density at radius 1 is 1.58 bits per heavy atom. The minimum absolute atomic E-state index is 0.216. The van der Waals surface area contributed by atoms with Crippen LogP contribution in [0.15, 0.2) is 16.5 Å². The molecule has 2 rings (SSSR count). The molecular formula is C15H23NO3. The van der Waals surface area contributed by atoms with Crippen LogP contribution in [-0.4, -0.2) is 31.1 Å². The quantitative estimate of drug-likeness (QED) is 0.784. The van der Waals surface area contributed by atoms with Crippen LogP contribution in [0.2, 0.25) is 0 Å². The second-order valence-electron chi connectivity index (χ2n) is 5.28. The Bertz CT molecular complexity index is 427. The molecule has 0 radical (unpaired) electrons. The number of rotatable bonds is 4. The van der Waals surface area contributed by atoms with Gasteiger partial charge in [-0.05, 0) is 44.4 Å². The van der Waals surface area contributed by atoms with Crippen molar-refractivity contribution in [3.8, 4) is 0 Å². The van der Waals surface area contributed by atoms with Crippen molar-refractivity contribution in [3.05, 3.63) is 23.7 Å². The summed E-state index contributed by atoms with van der Waals surface area (Å²) in [6, 6.07) is 3.79. The normalized spacial score (nSPS) is 22.2. The Morgan fingerprint density at radius 3 is 3.05 bits per heavy atom. The molecule has 0 N–H and O–H groups in total. The fraction of sp³-hybridized carbons (Fsp3) is 0.667.